The number of amides is 2. The van der Waals surface area contributed by atoms with Gasteiger partial charge in [0.25, 0.3) is 5.91 Å². The van der Waals surface area contributed by atoms with Crippen LogP contribution in [0.4, 0.5) is 0 Å². The van der Waals surface area contributed by atoms with Crippen molar-refractivity contribution >= 4 is 17.8 Å². The molecule has 0 bridgehead atoms. The van der Waals surface area contributed by atoms with E-state index >= 15 is 0 Å². The monoisotopic (exact) mass is 404 g/mol. The highest BCUT2D eigenvalue weighted by atomic mass is 16.5. The first kappa shape index (κ1) is 19.4. The van der Waals surface area contributed by atoms with Crippen LogP contribution >= 0.6 is 0 Å². The first-order valence-electron chi connectivity index (χ1n) is 9.56. The minimum Gasteiger partial charge on any atom is -0.467 e. The third-order valence-corrected chi connectivity index (χ3v) is 4.86. The number of carbonyl (C=O) groups is 3. The molecule has 0 spiro atoms. The number of esters is 1. The molecule has 0 fully saturated rings. The molecule has 0 aliphatic carbocycles. The number of cyclic esters (lactones) is 1. The molecule has 2 N–H and O–H groups in total. The van der Waals surface area contributed by atoms with Gasteiger partial charge in [-0.25, -0.2) is 4.79 Å². The van der Waals surface area contributed by atoms with Crippen LogP contribution in [0.15, 0.2) is 71.3 Å². The maximum atomic E-state index is 12.5. The number of fused-ring (bicyclic) bond motifs is 1. The summed E-state index contributed by atoms with van der Waals surface area (Å²) in [5, 5.41) is 5.25. The second-order valence-corrected chi connectivity index (χ2v) is 6.92. The molecule has 7 heteroatoms. The molecule has 2 amide bonds. The molecule has 0 saturated heterocycles. The van der Waals surface area contributed by atoms with Gasteiger partial charge in [0, 0.05) is 12.0 Å². The van der Waals surface area contributed by atoms with Crippen molar-refractivity contribution in [2.24, 2.45) is 0 Å². The van der Waals surface area contributed by atoms with E-state index in [1.807, 2.05) is 30.3 Å². The van der Waals surface area contributed by atoms with Crippen molar-refractivity contribution in [3.05, 3.63) is 94.9 Å². The van der Waals surface area contributed by atoms with Crippen LogP contribution in [0.1, 0.15) is 43.7 Å². The summed E-state index contributed by atoms with van der Waals surface area (Å²) in [5.41, 5.74) is 2.48. The molecule has 3 aromatic rings. The largest absolute Gasteiger partial charge is 0.467 e. The minimum atomic E-state index is -0.408. The van der Waals surface area contributed by atoms with Crippen LogP contribution in [-0.2, 0) is 22.5 Å². The maximum Gasteiger partial charge on any atom is 0.339 e. The average Bonchev–Trinajstić information content (AvgIpc) is 3.30. The molecule has 0 radical (unpaired) electrons. The zero-order valence-electron chi connectivity index (χ0n) is 16.1. The van der Waals surface area contributed by atoms with Gasteiger partial charge in [0.2, 0.25) is 5.91 Å². The van der Waals surface area contributed by atoms with E-state index in [-0.39, 0.29) is 24.9 Å². The summed E-state index contributed by atoms with van der Waals surface area (Å²) in [7, 11) is 0. The summed E-state index contributed by atoms with van der Waals surface area (Å²) in [5.74, 6) is -0.495. The van der Waals surface area contributed by atoms with E-state index in [1.165, 1.54) is 6.26 Å². The second kappa shape index (κ2) is 8.65. The Kier molecular flexibility index (Phi) is 5.61. The lowest BCUT2D eigenvalue weighted by Crippen LogP contribution is -2.36. The molecule has 30 heavy (non-hydrogen) atoms. The van der Waals surface area contributed by atoms with E-state index in [0.29, 0.717) is 23.3 Å². The van der Waals surface area contributed by atoms with Crippen LogP contribution in [0.5, 0.6) is 0 Å². The molecule has 4 rings (SSSR count). The Bertz CT molecular complexity index is 1060. The van der Waals surface area contributed by atoms with Crippen molar-refractivity contribution in [2.75, 3.05) is 6.54 Å². The fourth-order valence-electron chi connectivity index (χ4n) is 3.31. The van der Waals surface area contributed by atoms with Crippen LogP contribution in [-0.4, -0.2) is 24.3 Å². The van der Waals surface area contributed by atoms with Crippen LogP contribution in [0.25, 0.3) is 0 Å². The van der Waals surface area contributed by atoms with Gasteiger partial charge < -0.3 is 19.8 Å². The lowest BCUT2D eigenvalue weighted by atomic mass is 9.93. The average molecular weight is 404 g/mol. The highest BCUT2D eigenvalue weighted by molar-refractivity contribution is 5.99. The number of hydrogen-bond acceptors (Lipinski definition) is 5. The summed E-state index contributed by atoms with van der Waals surface area (Å²) in [6.07, 6.45) is 1.62. The summed E-state index contributed by atoms with van der Waals surface area (Å²) < 4.78 is 10.7. The Balaban J connectivity index is 1.39. The molecule has 1 aliphatic rings. The minimum absolute atomic E-state index is 0.161. The lowest BCUT2D eigenvalue weighted by molar-refractivity contribution is -0.120. The quantitative estimate of drug-likeness (QED) is 0.616. The Morgan fingerprint density at radius 1 is 1.00 bits per heavy atom. The van der Waals surface area contributed by atoms with E-state index in [4.69, 9.17) is 9.15 Å². The fraction of sp³-hybridized carbons (Fsp3) is 0.174. The van der Waals surface area contributed by atoms with Gasteiger partial charge in [-0.1, -0.05) is 30.3 Å². The van der Waals surface area contributed by atoms with Crippen LogP contribution < -0.4 is 10.6 Å². The number of nitrogens with one attached hydrogen (secondary N) is 2. The van der Waals surface area contributed by atoms with Crippen LogP contribution in [0.3, 0.4) is 0 Å². The van der Waals surface area contributed by atoms with Crippen molar-refractivity contribution in [1.29, 1.82) is 0 Å². The number of carbonyl (C=O) groups excluding carboxylic acids is 3. The molecule has 7 nitrogen and oxygen atoms in total. The molecule has 1 aromatic heterocycles. The SMILES string of the molecule is O=C(CNC(=O)c1ccc2c(c1)CC(c1ccccc1)OC2=O)NCc1ccco1. The Labute approximate surface area is 173 Å². The van der Waals surface area contributed by atoms with E-state index in [0.717, 1.165) is 11.1 Å². The van der Waals surface area contributed by atoms with Gasteiger partial charge in [0.05, 0.1) is 24.9 Å². The van der Waals surface area contributed by atoms with Crippen molar-refractivity contribution in [2.45, 2.75) is 19.1 Å². The number of benzene rings is 2. The Hall–Kier alpha value is -3.87. The van der Waals surface area contributed by atoms with Gasteiger partial charge in [-0.05, 0) is 41.5 Å². The molecule has 152 valence electrons. The molecule has 1 atom stereocenters. The Morgan fingerprint density at radius 2 is 1.83 bits per heavy atom. The number of furan rings is 1. The first-order chi connectivity index (χ1) is 14.6. The van der Waals surface area contributed by atoms with Crippen molar-refractivity contribution in [3.63, 3.8) is 0 Å². The molecule has 2 heterocycles. The molecule has 2 aromatic carbocycles. The molecular formula is C23H20N2O5. The van der Waals surface area contributed by atoms with E-state index in [9.17, 15) is 14.4 Å². The standard InChI is InChI=1S/C23H20N2O5/c26-21(24-13-18-7-4-10-29-18)14-25-22(27)16-8-9-19-17(11-16)12-20(30-23(19)28)15-5-2-1-3-6-15/h1-11,20H,12-14H2,(H,24,26)(H,25,27). The van der Waals surface area contributed by atoms with Crippen LogP contribution in [0, 0.1) is 0 Å². The van der Waals surface area contributed by atoms with Gasteiger partial charge >= 0.3 is 5.97 Å². The van der Waals surface area contributed by atoms with E-state index in [1.54, 1.807) is 30.3 Å². The van der Waals surface area contributed by atoms with Crippen molar-refractivity contribution in [3.8, 4) is 0 Å². The number of ether oxygens (including phenoxy) is 1. The number of hydrogen-bond donors (Lipinski definition) is 2. The highest BCUT2D eigenvalue weighted by Crippen LogP contribution is 2.31. The van der Waals surface area contributed by atoms with Crippen LogP contribution in [0.2, 0.25) is 0 Å². The third-order valence-electron chi connectivity index (χ3n) is 4.86. The zero-order valence-corrected chi connectivity index (χ0v) is 16.1. The van der Waals surface area contributed by atoms with Crippen molar-refractivity contribution < 1.29 is 23.5 Å². The van der Waals surface area contributed by atoms with Gasteiger partial charge in [0.1, 0.15) is 11.9 Å². The molecular weight excluding hydrogens is 384 g/mol. The molecule has 1 unspecified atom stereocenters. The van der Waals surface area contributed by atoms with Crippen molar-refractivity contribution in [1.82, 2.24) is 10.6 Å². The fourth-order valence-corrected chi connectivity index (χ4v) is 3.31. The van der Waals surface area contributed by atoms with E-state index in [2.05, 4.69) is 10.6 Å². The highest BCUT2D eigenvalue weighted by Gasteiger charge is 2.28. The summed E-state index contributed by atoms with van der Waals surface area (Å²) in [6.45, 7) is 0.0921. The third kappa shape index (κ3) is 4.41. The van der Waals surface area contributed by atoms with Gasteiger partial charge in [-0.15, -0.1) is 0 Å². The predicted molar refractivity (Wildman–Crippen MR) is 108 cm³/mol. The normalized spacial score (nSPS) is 15.1. The topological polar surface area (TPSA) is 97.6 Å². The first-order valence-corrected chi connectivity index (χ1v) is 9.56. The van der Waals surface area contributed by atoms with Gasteiger partial charge in [0.15, 0.2) is 0 Å². The molecule has 1 aliphatic heterocycles. The molecule has 0 saturated carbocycles. The maximum absolute atomic E-state index is 12.5. The lowest BCUT2D eigenvalue weighted by Gasteiger charge is -2.25. The van der Waals surface area contributed by atoms with E-state index < -0.39 is 12.1 Å². The summed E-state index contributed by atoms with van der Waals surface area (Å²) in [4.78, 5) is 36.7. The van der Waals surface area contributed by atoms with Gasteiger partial charge in [-0.2, -0.15) is 0 Å². The summed E-state index contributed by atoms with van der Waals surface area (Å²) >= 11 is 0. The van der Waals surface area contributed by atoms with Gasteiger partial charge in [-0.3, -0.25) is 9.59 Å². The second-order valence-electron chi connectivity index (χ2n) is 6.92. The Morgan fingerprint density at radius 3 is 2.60 bits per heavy atom. The summed E-state index contributed by atoms with van der Waals surface area (Å²) in [6, 6.07) is 17.8. The predicted octanol–water partition coefficient (Wildman–Crippen LogP) is 2.78. The number of rotatable bonds is 6. The smallest absolute Gasteiger partial charge is 0.339 e. The zero-order chi connectivity index (χ0) is 20.9.